The van der Waals surface area contributed by atoms with Gasteiger partial charge in [0, 0.05) is 17.8 Å². The maximum atomic E-state index is 12.7. The molecule has 3 rings (SSSR count). The fourth-order valence-corrected chi connectivity index (χ4v) is 3.45. The fourth-order valence-electron chi connectivity index (χ4n) is 3.24. The summed E-state index contributed by atoms with van der Waals surface area (Å²) in [5.74, 6) is 0.1000. The van der Waals surface area contributed by atoms with Crippen molar-refractivity contribution in [3.8, 4) is 5.75 Å². The first-order chi connectivity index (χ1) is 16.5. The van der Waals surface area contributed by atoms with Gasteiger partial charge < -0.3 is 15.4 Å². The summed E-state index contributed by atoms with van der Waals surface area (Å²) in [6.45, 7) is 2.63. The molecule has 6 nitrogen and oxygen atoms in total. The van der Waals surface area contributed by atoms with E-state index in [9.17, 15) is 9.59 Å². The van der Waals surface area contributed by atoms with Crippen molar-refractivity contribution in [2.45, 2.75) is 32.6 Å². The molecule has 3 aromatic carbocycles. The predicted molar refractivity (Wildman–Crippen MR) is 140 cm³/mol. The third kappa shape index (κ3) is 8.01. The van der Waals surface area contributed by atoms with Crippen molar-refractivity contribution >= 4 is 40.5 Å². The number of anilines is 2. The van der Waals surface area contributed by atoms with E-state index in [1.807, 2.05) is 36.4 Å². The number of ether oxygens (including phenoxy) is 1. The number of hydrogen-bond acceptors (Lipinski definition) is 4. The van der Waals surface area contributed by atoms with Crippen LogP contribution in [0.1, 0.15) is 42.1 Å². The molecule has 0 bridgehead atoms. The first kappa shape index (κ1) is 24.9. The van der Waals surface area contributed by atoms with Crippen molar-refractivity contribution in [2.75, 3.05) is 17.2 Å². The lowest BCUT2D eigenvalue weighted by molar-refractivity contribution is -0.116. The first-order valence-electron chi connectivity index (χ1n) is 11.3. The van der Waals surface area contributed by atoms with E-state index in [4.69, 9.17) is 17.0 Å². The molecule has 0 aliphatic carbocycles. The number of aryl methyl sites for hydroxylation is 1. The maximum absolute atomic E-state index is 12.7. The molecule has 34 heavy (non-hydrogen) atoms. The van der Waals surface area contributed by atoms with Crippen LogP contribution in [0.15, 0.2) is 78.9 Å². The third-order valence-corrected chi connectivity index (χ3v) is 5.21. The predicted octanol–water partition coefficient (Wildman–Crippen LogP) is 5.56. The second-order valence-electron chi connectivity index (χ2n) is 7.72. The molecule has 0 fully saturated rings. The van der Waals surface area contributed by atoms with Crippen LogP contribution in [0, 0.1) is 0 Å². The van der Waals surface area contributed by atoms with Gasteiger partial charge in [-0.15, -0.1) is 0 Å². The molecule has 0 spiro atoms. The van der Waals surface area contributed by atoms with Crippen LogP contribution in [-0.2, 0) is 11.2 Å². The number of benzene rings is 3. The highest BCUT2D eigenvalue weighted by atomic mass is 32.1. The Balaban J connectivity index is 1.53. The molecule has 3 aromatic rings. The van der Waals surface area contributed by atoms with Crippen molar-refractivity contribution in [1.82, 2.24) is 5.32 Å². The van der Waals surface area contributed by atoms with Crippen LogP contribution < -0.4 is 20.7 Å². The van der Waals surface area contributed by atoms with E-state index in [1.165, 1.54) is 0 Å². The molecule has 0 radical (unpaired) electrons. The molecule has 0 atom stereocenters. The van der Waals surface area contributed by atoms with Crippen molar-refractivity contribution in [2.24, 2.45) is 0 Å². The van der Waals surface area contributed by atoms with Crippen LogP contribution in [0.4, 0.5) is 11.4 Å². The number of para-hydroxylation sites is 1. The van der Waals surface area contributed by atoms with E-state index >= 15 is 0 Å². The molecule has 0 aromatic heterocycles. The summed E-state index contributed by atoms with van der Waals surface area (Å²) in [4.78, 5) is 25.0. The van der Waals surface area contributed by atoms with Crippen LogP contribution in [-0.4, -0.2) is 23.5 Å². The Labute approximate surface area is 205 Å². The summed E-state index contributed by atoms with van der Waals surface area (Å²) < 4.78 is 5.73. The van der Waals surface area contributed by atoms with E-state index in [-0.39, 0.29) is 16.9 Å². The Kier molecular flexibility index (Phi) is 9.61. The molecule has 0 aliphatic rings. The Morgan fingerprint density at radius 3 is 2.35 bits per heavy atom. The van der Waals surface area contributed by atoms with E-state index in [0.29, 0.717) is 42.1 Å². The van der Waals surface area contributed by atoms with Gasteiger partial charge in [0.2, 0.25) is 5.91 Å². The average Bonchev–Trinajstić information content (AvgIpc) is 2.84. The van der Waals surface area contributed by atoms with Gasteiger partial charge >= 0.3 is 0 Å². The molecule has 0 unspecified atom stereocenters. The minimum Gasteiger partial charge on any atom is -0.493 e. The standard InChI is InChI=1S/C27H29N3O3S/c1-2-3-18-33-24-15-8-7-14-23(24)26(32)30-27(34)29-22-13-9-12-21(19-22)28-25(31)17-16-20-10-5-4-6-11-20/h4-15,19H,2-3,16-18H2,1H3,(H,28,31)(H2,29,30,32,34). The zero-order chi connectivity index (χ0) is 24.2. The number of hydrogen-bond donors (Lipinski definition) is 3. The zero-order valence-corrected chi connectivity index (χ0v) is 20.0. The Hall–Kier alpha value is -3.71. The Morgan fingerprint density at radius 2 is 1.59 bits per heavy atom. The molecule has 0 aliphatic heterocycles. The summed E-state index contributed by atoms with van der Waals surface area (Å²) in [6, 6.07) is 24.1. The minimum atomic E-state index is -0.352. The van der Waals surface area contributed by atoms with Gasteiger partial charge in [-0.05, 0) is 61.0 Å². The van der Waals surface area contributed by atoms with Gasteiger partial charge in [-0.2, -0.15) is 0 Å². The van der Waals surface area contributed by atoms with E-state index in [2.05, 4.69) is 22.9 Å². The number of unbranched alkanes of at least 4 members (excludes halogenated alkanes) is 1. The lowest BCUT2D eigenvalue weighted by Crippen LogP contribution is -2.34. The summed E-state index contributed by atoms with van der Waals surface area (Å²) in [5, 5.41) is 8.73. The highest BCUT2D eigenvalue weighted by molar-refractivity contribution is 7.80. The quantitative estimate of drug-likeness (QED) is 0.264. The molecule has 0 heterocycles. The number of carbonyl (C=O) groups is 2. The number of thiocarbonyl (C=S) groups is 1. The van der Waals surface area contributed by atoms with Gasteiger partial charge in [-0.25, -0.2) is 0 Å². The van der Waals surface area contributed by atoms with Gasteiger partial charge in [0.1, 0.15) is 5.75 Å². The van der Waals surface area contributed by atoms with Crippen LogP contribution >= 0.6 is 12.2 Å². The van der Waals surface area contributed by atoms with Crippen LogP contribution in [0.25, 0.3) is 0 Å². The summed E-state index contributed by atoms with van der Waals surface area (Å²) >= 11 is 5.32. The second-order valence-corrected chi connectivity index (χ2v) is 8.13. The van der Waals surface area contributed by atoms with Crippen molar-refractivity contribution < 1.29 is 14.3 Å². The molecular formula is C27H29N3O3S. The third-order valence-electron chi connectivity index (χ3n) is 5.00. The molecule has 176 valence electrons. The van der Waals surface area contributed by atoms with Crippen molar-refractivity contribution in [1.29, 1.82) is 0 Å². The van der Waals surface area contributed by atoms with Crippen molar-refractivity contribution in [3.05, 3.63) is 90.0 Å². The lowest BCUT2D eigenvalue weighted by atomic mass is 10.1. The van der Waals surface area contributed by atoms with Gasteiger partial charge in [-0.3, -0.25) is 14.9 Å². The minimum absolute atomic E-state index is 0.0726. The lowest BCUT2D eigenvalue weighted by Gasteiger charge is -2.13. The summed E-state index contributed by atoms with van der Waals surface area (Å²) in [6.07, 6.45) is 2.98. The average molecular weight is 476 g/mol. The van der Waals surface area contributed by atoms with Crippen molar-refractivity contribution in [3.63, 3.8) is 0 Å². The van der Waals surface area contributed by atoms with E-state index in [0.717, 1.165) is 18.4 Å². The zero-order valence-electron chi connectivity index (χ0n) is 19.2. The van der Waals surface area contributed by atoms with E-state index in [1.54, 1.807) is 42.5 Å². The second kappa shape index (κ2) is 13.1. The van der Waals surface area contributed by atoms with Gasteiger partial charge in [-0.1, -0.05) is 61.9 Å². The fraction of sp³-hybridized carbons (Fsp3) is 0.222. The summed E-state index contributed by atoms with van der Waals surface area (Å²) in [7, 11) is 0. The smallest absolute Gasteiger partial charge is 0.261 e. The molecule has 0 saturated heterocycles. The maximum Gasteiger partial charge on any atom is 0.261 e. The number of amides is 2. The summed E-state index contributed by atoms with van der Waals surface area (Å²) in [5.41, 5.74) is 2.83. The molecule has 7 heteroatoms. The van der Waals surface area contributed by atoms with Crippen LogP contribution in [0.3, 0.4) is 0 Å². The monoisotopic (exact) mass is 475 g/mol. The van der Waals surface area contributed by atoms with Crippen LogP contribution in [0.2, 0.25) is 0 Å². The molecule has 0 saturated carbocycles. The SMILES string of the molecule is CCCCOc1ccccc1C(=O)NC(=S)Nc1cccc(NC(=O)CCc2ccccc2)c1. The van der Waals surface area contributed by atoms with Crippen LogP contribution in [0.5, 0.6) is 5.75 Å². The molecular weight excluding hydrogens is 446 g/mol. The number of nitrogens with one attached hydrogen (secondary N) is 3. The highest BCUT2D eigenvalue weighted by Crippen LogP contribution is 2.19. The Morgan fingerprint density at radius 1 is 0.882 bits per heavy atom. The van der Waals surface area contributed by atoms with E-state index < -0.39 is 0 Å². The molecule has 2 amide bonds. The highest BCUT2D eigenvalue weighted by Gasteiger charge is 2.14. The Bertz CT molecular complexity index is 1120. The van der Waals surface area contributed by atoms with Gasteiger partial charge in [0.15, 0.2) is 5.11 Å². The van der Waals surface area contributed by atoms with Gasteiger partial charge in [0.05, 0.1) is 12.2 Å². The number of rotatable bonds is 10. The van der Waals surface area contributed by atoms with Gasteiger partial charge in [0.25, 0.3) is 5.91 Å². The number of carbonyl (C=O) groups excluding carboxylic acids is 2. The normalized spacial score (nSPS) is 10.3. The topological polar surface area (TPSA) is 79.5 Å². The largest absolute Gasteiger partial charge is 0.493 e. The molecule has 3 N–H and O–H groups in total. The first-order valence-corrected chi connectivity index (χ1v) is 11.7.